The predicted octanol–water partition coefficient (Wildman–Crippen LogP) is 1.10. The molecule has 0 aliphatic carbocycles. The average Bonchev–Trinajstić information content (AvgIpc) is 2.25. The van der Waals surface area contributed by atoms with Crippen LogP contribution < -0.4 is 10.6 Å². The van der Waals surface area contributed by atoms with Gasteiger partial charge in [0, 0.05) is 12.1 Å². The van der Waals surface area contributed by atoms with Gasteiger partial charge in [0.2, 0.25) is 5.91 Å². The Morgan fingerprint density at radius 2 is 2.00 bits per heavy atom. The SMILES string of the molecule is CC1(C)CNC(=O)[C@H](Cc2ccccc2)N1. The number of piperazine rings is 1. The van der Waals surface area contributed by atoms with Crippen LogP contribution in [0.3, 0.4) is 0 Å². The van der Waals surface area contributed by atoms with E-state index in [1.807, 2.05) is 18.2 Å². The van der Waals surface area contributed by atoms with Gasteiger partial charge >= 0.3 is 0 Å². The zero-order valence-corrected chi connectivity index (χ0v) is 9.79. The van der Waals surface area contributed by atoms with E-state index in [1.54, 1.807) is 0 Å². The first kappa shape index (κ1) is 11.1. The van der Waals surface area contributed by atoms with Crippen LogP contribution in [0.15, 0.2) is 30.3 Å². The van der Waals surface area contributed by atoms with Crippen LogP contribution in [0.5, 0.6) is 0 Å². The van der Waals surface area contributed by atoms with Crippen molar-refractivity contribution in [2.45, 2.75) is 31.8 Å². The summed E-state index contributed by atoms with van der Waals surface area (Å²) >= 11 is 0. The first-order valence-electron chi connectivity index (χ1n) is 5.66. The van der Waals surface area contributed by atoms with Gasteiger partial charge in [0.25, 0.3) is 0 Å². The van der Waals surface area contributed by atoms with Crippen molar-refractivity contribution in [3.8, 4) is 0 Å². The molecule has 1 aliphatic heterocycles. The maximum atomic E-state index is 11.7. The molecule has 1 heterocycles. The summed E-state index contributed by atoms with van der Waals surface area (Å²) in [4.78, 5) is 11.7. The highest BCUT2D eigenvalue weighted by atomic mass is 16.2. The van der Waals surface area contributed by atoms with Gasteiger partial charge in [-0.05, 0) is 25.8 Å². The number of hydrogen-bond acceptors (Lipinski definition) is 2. The monoisotopic (exact) mass is 218 g/mol. The predicted molar refractivity (Wildman–Crippen MR) is 64.2 cm³/mol. The fourth-order valence-corrected chi connectivity index (χ4v) is 2.01. The molecule has 1 aromatic rings. The number of benzene rings is 1. The molecule has 3 heteroatoms. The first-order valence-corrected chi connectivity index (χ1v) is 5.66. The molecule has 3 nitrogen and oxygen atoms in total. The molecule has 0 saturated carbocycles. The van der Waals surface area contributed by atoms with Gasteiger partial charge in [-0.2, -0.15) is 0 Å². The Bertz CT molecular complexity index is 373. The fourth-order valence-electron chi connectivity index (χ4n) is 2.01. The summed E-state index contributed by atoms with van der Waals surface area (Å²) < 4.78 is 0. The Hall–Kier alpha value is -1.35. The lowest BCUT2D eigenvalue weighted by molar-refractivity contribution is -0.125. The van der Waals surface area contributed by atoms with E-state index in [4.69, 9.17) is 0 Å². The van der Waals surface area contributed by atoms with Crippen molar-refractivity contribution in [3.05, 3.63) is 35.9 Å². The maximum absolute atomic E-state index is 11.7. The molecule has 16 heavy (non-hydrogen) atoms. The second-order valence-electron chi connectivity index (χ2n) is 4.99. The lowest BCUT2D eigenvalue weighted by Gasteiger charge is -2.36. The van der Waals surface area contributed by atoms with E-state index in [2.05, 4.69) is 36.6 Å². The van der Waals surface area contributed by atoms with Crippen molar-refractivity contribution in [3.63, 3.8) is 0 Å². The van der Waals surface area contributed by atoms with Crippen molar-refractivity contribution in [1.29, 1.82) is 0 Å². The standard InChI is InChI=1S/C13H18N2O/c1-13(2)9-14-12(16)11(15-13)8-10-6-4-3-5-7-10/h3-7,11,15H,8-9H2,1-2H3,(H,14,16)/t11-/m0/s1. The Morgan fingerprint density at radius 3 is 2.69 bits per heavy atom. The van der Waals surface area contributed by atoms with Crippen molar-refractivity contribution >= 4 is 5.91 Å². The molecule has 1 aliphatic rings. The third-order valence-electron chi connectivity index (χ3n) is 2.87. The lowest BCUT2D eigenvalue weighted by Crippen LogP contribution is -2.64. The van der Waals surface area contributed by atoms with E-state index >= 15 is 0 Å². The van der Waals surface area contributed by atoms with E-state index in [0.29, 0.717) is 6.54 Å². The molecule has 1 saturated heterocycles. The van der Waals surface area contributed by atoms with Crippen LogP contribution in [0.2, 0.25) is 0 Å². The fraction of sp³-hybridized carbons (Fsp3) is 0.462. The Morgan fingerprint density at radius 1 is 1.31 bits per heavy atom. The second-order valence-corrected chi connectivity index (χ2v) is 4.99. The van der Waals surface area contributed by atoms with Gasteiger partial charge in [-0.25, -0.2) is 0 Å². The summed E-state index contributed by atoms with van der Waals surface area (Å²) in [5.74, 6) is 0.100. The van der Waals surface area contributed by atoms with Crippen LogP contribution in [-0.2, 0) is 11.2 Å². The van der Waals surface area contributed by atoms with Crippen molar-refractivity contribution in [1.82, 2.24) is 10.6 Å². The summed E-state index contributed by atoms with van der Waals surface area (Å²) in [6, 6.07) is 9.98. The molecular formula is C13H18N2O. The molecule has 0 aromatic heterocycles. The van der Waals surface area contributed by atoms with E-state index in [-0.39, 0.29) is 17.5 Å². The Labute approximate surface area is 96.2 Å². The van der Waals surface area contributed by atoms with E-state index in [0.717, 1.165) is 6.42 Å². The van der Waals surface area contributed by atoms with E-state index in [9.17, 15) is 4.79 Å². The molecule has 0 spiro atoms. The number of hydrogen-bond donors (Lipinski definition) is 2. The quantitative estimate of drug-likeness (QED) is 0.780. The molecule has 0 unspecified atom stereocenters. The van der Waals surface area contributed by atoms with Gasteiger partial charge in [0.05, 0.1) is 6.04 Å². The minimum atomic E-state index is -0.119. The second kappa shape index (κ2) is 4.26. The normalized spacial score (nSPS) is 23.9. The van der Waals surface area contributed by atoms with E-state index in [1.165, 1.54) is 5.56 Å². The van der Waals surface area contributed by atoms with Gasteiger partial charge in [-0.3, -0.25) is 10.1 Å². The molecule has 0 bridgehead atoms. The molecule has 2 N–H and O–H groups in total. The van der Waals surface area contributed by atoms with Crippen molar-refractivity contribution < 1.29 is 4.79 Å². The maximum Gasteiger partial charge on any atom is 0.237 e. The van der Waals surface area contributed by atoms with Crippen molar-refractivity contribution in [2.75, 3.05) is 6.54 Å². The molecule has 2 rings (SSSR count). The molecule has 0 radical (unpaired) electrons. The summed E-state index contributed by atoms with van der Waals surface area (Å²) in [7, 11) is 0. The zero-order valence-electron chi connectivity index (χ0n) is 9.79. The highest BCUT2D eigenvalue weighted by Gasteiger charge is 2.32. The van der Waals surface area contributed by atoms with Crippen LogP contribution in [0.4, 0.5) is 0 Å². The topological polar surface area (TPSA) is 41.1 Å². The third-order valence-corrected chi connectivity index (χ3v) is 2.87. The largest absolute Gasteiger partial charge is 0.353 e. The van der Waals surface area contributed by atoms with Crippen LogP contribution in [-0.4, -0.2) is 24.0 Å². The summed E-state index contributed by atoms with van der Waals surface area (Å²) in [5.41, 5.74) is 1.17. The van der Waals surface area contributed by atoms with Crippen LogP contribution in [0.1, 0.15) is 19.4 Å². The lowest BCUT2D eigenvalue weighted by atomic mass is 9.96. The highest BCUT2D eigenvalue weighted by Crippen LogP contribution is 2.11. The zero-order chi connectivity index (χ0) is 11.6. The number of amides is 1. The van der Waals surface area contributed by atoms with Crippen LogP contribution in [0, 0.1) is 0 Å². The molecular weight excluding hydrogens is 200 g/mol. The smallest absolute Gasteiger partial charge is 0.237 e. The number of carbonyl (C=O) groups is 1. The van der Waals surface area contributed by atoms with E-state index < -0.39 is 0 Å². The number of carbonyl (C=O) groups excluding carboxylic acids is 1. The average molecular weight is 218 g/mol. The minimum Gasteiger partial charge on any atom is -0.353 e. The van der Waals surface area contributed by atoms with Gasteiger partial charge < -0.3 is 5.32 Å². The van der Waals surface area contributed by atoms with Gasteiger partial charge in [0.1, 0.15) is 0 Å². The number of nitrogens with one attached hydrogen (secondary N) is 2. The Kier molecular flexibility index (Phi) is 2.97. The minimum absolute atomic E-state index is 0.0205. The summed E-state index contributed by atoms with van der Waals surface area (Å²) in [6.45, 7) is 4.89. The summed E-state index contributed by atoms with van der Waals surface area (Å²) in [6.07, 6.45) is 0.746. The molecule has 1 amide bonds. The summed E-state index contributed by atoms with van der Waals surface area (Å²) in [5, 5.41) is 6.32. The van der Waals surface area contributed by atoms with Gasteiger partial charge in [-0.1, -0.05) is 30.3 Å². The molecule has 1 atom stereocenters. The van der Waals surface area contributed by atoms with Gasteiger partial charge in [-0.15, -0.1) is 0 Å². The number of rotatable bonds is 2. The molecule has 1 fully saturated rings. The van der Waals surface area contributed by atoms with Crippen LogP contribution >= 0.6 is 0 Å². The Balaban J connectivity index is 2.06. The molecule has 1 aromatic carbocycles. The van der Waals surface area contributed by atoms with Crippen LogP contribution in [0.25, 0.3) is 0 Å². The van der Waals surface area contributed by atoms with Gasteiger partial charge in [0.15, 0.2) is 0 Å². The first-order chi connectivity index (χ1) is 7.57. The molecule has 86 valence electrons. The highest BCUT2D eigenvalue weighted by molar-refractivity contribution is 5.83. The van der Waals surface area contributed by atoms with Crippen molar-refractivity contribution in [2.24, 2.45) is 0 Å². The third kappa shape index (κ3) is 2.61.